The first-order valence-electron chi connectivity index (χ1n) is 11.3. The number of para-hydroxylation sites is 1. The van der Waals surface area contributed by atoms with E-state index in [1.165, 1.54) is 7.11 Å². The van der Waals surface area contributed by atoms with Gasteiger partial charge in [0.15, 0.2) is 22.9 Å². The highest BCUT2D eigenvalue weighted by atomic mass is 16.5. The number of ketones is 1. The van der Waals surface area contributed by atoms with Gasteiger partial charge in [0.1, 0.15) is 0 Å². The Labute approximate surface area is 197 Å². The van der Waals surface area contributed by atoms with Gasteiger partial charge in [-0.25, -0.2) is 0 Å². The fourth-order valence-corrected chi connectivity index (χ4v) is 4.61. The number of carbonyl (C=O) groups is 2. The van der Waals surface area contributed by atoms with Crippen LogP contribution in [0.25, 0.3) is 11.0 Å². The Kier molecular flexibility index (Phi) is 6.08. The molecule has 0 saturated carbocycles. The van der Waals surface area contributed by atoms with E-state index < -0.39 is 23.5 Å². The van der Waals surface area contributed by atoms with Crippen molar-refractivity contribution in [2.24, 2.45) is 0 Å². The zero-order valence-electron chi connectivity index (χ0n) is 18.9. The Balaban J connectivity index is 1.50. The molecule has 1 amide bonds. The summed E-state index contributed by atoms with van der Waals surface area (Å²) in [6.07, 6.45) is 0. The highest BCUT2D eigenvalue weighted by Gasteiger charge is 2.44. The van der Waals surface area contributed by atoms with Crippen LogP contribution in [0.15, 0.2) is 70.3 Å². The van der Waals surface area contributed by atoms with Crippen molar-refractivity contribution in [3.8, 4) is 5.75 Å². The van der Waals surface area contributed by atoms with E-state index >= 15 is 0 Å². The van der Waals surface area contributed by atoms with Gasteiger partial charge >= 0.3 is 0 Å². The van der Waals surface area contributed by atoms with Crippen LogP contribution in [0.5, 0.6) is 5.75 Å². The average molecular weight is 463 g/mol. The third-order valence-electron chi connectivity index (χ3n) is 6.38. The van der Waals surface area contributed by atoms with E-state index in [-0.39, 0.29) is 11.3 Å². The number of benzene rings is 2. The molecule has 2 aromatic carbocycles. The predicted octanol–water partition coefficient (Wildman–Crippen LogP) is 3.35. The molecule has 0 bridgehead atoms. The van der Waals surface area contributed by atoms with Gasteiger partial charge in [0.05, 0.1) is 31.9 Å². The predicted molar refractivity (Wildman–Crippen MR) is 125 cm³/mol. The third-order valence-corrected chi connectivity index (χ3v) is 6.38. The molecule has 2 aliphatic heterocycles. The van der Waals surface area contributed by atoms with Crippen molar-refractivity contribution >= 4 is 22.7 Å². The second-order valence-corrected chi connectivity index (χ2v) is 8.35. The molecule has 2 aliphatic rings. The molecule has 34 heavy (non-hydrogen) atoms. The van der Waals surface area contributed by atoms with E-state index in [9.17, 15) is 14.7 Å². The quantitative estimate of drug-likeness (QED) is 0.539. The third kappa shape index (κ3) is 3.95. The van der Waals surface area contributed by atoms with Gasteiger partial charge < -0.3 is 23.9 Å². The summed E-state index contributed by atoms with van der Waals surface area (Å²) in [7, 11) is 1.53. The first-order chi connectivity index (χ1) is 16.6. The number of furan rings is 1. The molecule has 176 valence electrons. The van der Waals surface area contributed by atoms with Gasteiger partial charge in [0, 0.05) is 31.6 Å². The van der Waals surface area contributed by atoms with Crippen molar-refractivity contribution in [1.29, 1.82) is 0 Å². The molecular formula is C26H26N2O6. The molecule has 0 radical (unpaired) electrons. The minimum absolute atomic E-state index is 0.0243. The Bertz CT molecular complexity index is 1240. The topological polar surface area (TPSA) is 92.5 Å². The second kappa shape index (κ2) is 9.32. The van der Waals surface area contributed by atoms with Crippen LogP contribution >= 0.6 is 0 Å². The lowest BCUT2D eigenvalue weighted by Crippen LogP contribution is -2.43. The van der Waals surface area contributed by atoms with Crippen LogP contribution in [0.1, 0.15) is 22.2 Å². The normalized spacial score (nSPS) is 19.3. The fraction of sp³-hybridized carbons (Fsp3) is 0.308. The van der Waals surface area contributed by atoms with Crippen molar-refractivity contribution in [3.05, 3.63) is 77.3 Å². The van der Waals surface area contributed by atoms with Gasteiger partial charge in [-0.3, -0.25) is 14.5 Å². The van der Waals surface area contributed by atoms with Gasteiger partial charge in [-0.2, -0.15) is 0 Å². The number of rotatable bonds is 7. The van der Waals surface area contributed by atoms with Crippen LogP contribution in [0.3, 0.4) is 0 Å². The van der Waals surface area contributed by atoms with Crippen LogP contribution in [0.2, 0.25) is 0 Å². The number of aliphatic hydroxyl groups is 1. The molecule has 1 atom stereocenters. The smallest absolute Gasteiger partial charge is 0.290 e. The number of hydrogen-bond acceptors (Lipinski definition) is 7. The minimum Gasteiger partial charge on any atom is -0.503 e. The Morgan fingerprint density at radius 2 is 1.85 bits per heavy atom. The van der Waals surface area contributed by atoms with Crippen LogP contribution in [0, 0.1) is 0 Å². The molecule has 3 heterocycles. The summed E-state index contributed by atoms with van der Waals surface area (Å²) in [4.78, 5) is 30.6. The number of morpholine rings is 1. The summed E-state index contributed by atoms with van der Waals surface area (Å²) >= 11 is 0. The highest BCUT2D eigenvalue weighted by Crippen LogP contribution is 2.40. The van der Waals surface area contributed by atoms with E-state index in [0.29, 0.717) is 43.0 Å². The van der Waals surface area contributed by atoms with Crippen molar-refractivity contribution in [2.75, 3.05) is 46.5 Å². The largest absolute Gasteiger partial charge is 0.503 e. The molecule has 0 aliphatic carbocycles. The Morgan fingerprint density at radius 3 is 2.59 bits per heavy atom. The van der Waals surface area contributed by atoms with E-state index in [1.807, 2.05) is 36.4 Å². The minimum atomic E-state index is -0.711. The molecule has 8 nitrogen and oxygen atoms in total. The van der Waals surface area contributed by atoms with E-state index in [0.717, 1.165) is 18.7 Å². The van der Waals surface area contributed by atoms with Crippen molar-refractivity contribution in [3.63, 3.8) is 0 Å². The van der Waals surface area contributed by atoms with Crippen molar-refractivity contribution in [2.45, 2.75) is 6.04 Å². The molecule has 1 N–H and O–H groups in total. The number of aliphatic hydroxyl groups excluding tert-OH is 1. The molecule has 1 saturated heterocycles. The van der Waals surface area contributed by atoms with Crippen LogP contribution in [0.4, 0.5) is 0 Å². The average Bonchev–Trinajstić information content (AvgIpc) is 3.43. The molecule has 0 unspecified atom stereocenters. The maximum atomic E-state index is 13.6. The second-order valence-electron chi connectivity index (χ2n) is 8.35. The highest BCUT2D eigenvalue weighted by molar-refractivity contribution is 6.16. The number of ether oxygens (including phenoxy) is 2. The number of Topliss-reactive ketones (excluding diaryl/α,β-unsaturated/α-hetero) is 1. The number of methoxy groups -OCH3 is 1. The molecule has 5 rings (SSSR count). The van der Waals surface area contributed by atoms with Crippen LogP contribution in [-0.4, -0.2) is 73.1 Å². The standard InChI is InChI=1S/C26H26N2O6/c1-32-19-9-5-8-18-16-20(34-25(18)19)23(29)21-22(17-6-3-2-4-7-17)28(26(31)24(21)30)11-10-27-12-14-33-15-13-27/h2-9,16,22,30H,10-15H2,1H3/t22-/m0/s1. The molecule has 3 aromatic rings. The van der Waals surface area contributed by atoms with Gasteiger partial charge in [0.25, 0.3) is 5.91 Å². The lowest BCUT2D eigenvalue weighted by atomic mass is 9.95. The Hall–Kier alpha value is -3.62. The SMILES string of the molecule is COc1cccc2cc(C(=O)C3=C(O)C(=O)N(CCN4CCOCC4)[C@H]3c3ccccc3)oc12. The monoisotopic (exact) mass is 462 g/mol. The van der Waals surface area contributed by atoms with Gasteiger partial charge in [-0.1, -0.05) is 42.5 Å². The summed E-state index contributed by atoms with van der Waals surface area (Å²) < 4.78 is 16.6. The first kappa shape index (κ1) is 22.2. The number of nitrogens with zero attached hydrogens (tertiary/aromatic N) is 2. The zero-order chi connectivity index (χ0) is 23.7. The van der Waals surface area contributed by atoms with Crippen LogP contribution < -0.4 is 4.74 Å². The number of hydrogen-bond donors (Lipinski definition) is 1. The molecule has 0 spiro atoms. The fourth-order valence-electron chi connectivity index (χ4n) is 4.61. The van der Waals surface area contributed by atoms with Gasteiger partial charge in [-0.05, 0) is 17.7 Å². The maximum absolute atomic E-state index is 13.6. The van der Waals surface area contributed by atoms with Gasteiger partial charge in [-0.15, -0.1) is 0 Å². The first-order valence-corrected chi connectivity index (χ1v) is 11.3. The lowest BCUT2D eigenvalue weighted by molar-refractivity contribution is -0.129. The van der Waals surface area contributed by atoms with Gasteiger partial charge in [0.2, 0.25) is 5.78 Å². The summed E-state index contributed by atoms with van der Waals surface area (Å²) in [5.41, 5.74) is 1.22. The number of amides is 1. The number of carbonyl (C=O) groups excluding carboxylic acids is 2. The summed E-state index contributed by atoms with van der Waals surface area (Å²) in [5, 5.41) is 11.6. The lowest BCUT2D eigenvalue weighted by Gasteiger charge is -2.31. The molecular weight excluding hydrogens is 436 g/mol. The zero-order valence-corrected chi connectivity index (χ0v) is 18.9. The molecule has 8 heteroatoms. The Morgan fingerprint density at radius 1 is 1.09 bits per heavy atom. The summed E-state index contributed by atoms with van der Waals surface area (Å²) in [5.74, 6) is -1.06. The molecule has 1 aromatic heterocycles. The van der Waals surface area contributed by atoms with E-state index in [2.05, 4.69) is 4.90 Å². The van der Waals surface area contributed by atoms with E-state index in [1.54, 1.807) is 23.1 Å². The van der Waals surface area contributed by atoms with E-state index in [4.69, 9.17) is 13.9 Å². The molecule has 1 fully saturated rings. The summed E-state index contributed by atoms with van der Waals surface area (Å²) in [6, 6.07) is 15.6. The summed E-state index contributed by atoms with van der Waals surface area (Å²) in [6.45, 7) is 3.86. The van der Waals surface area contributed by atoms with Crippen molar-refractivity contribution in [1.82, 2.24) is 9.80 Å². The number of fused-ring (bicyclic) bond motifs is 1. The van der Waals surface area contributed by atoms with Crippen molar-refractivity contribution < 1.29 is 28.6 Å². The maximum Gasteiger partial charge on any atom is 0.290 e. The van der Waals surface area contributed by atoms with Crippen LogP contribution in [-0.2, 0) is 9.53 Å².